The first-order chi connectivity index (χ1) is 7.31. The minimum atomic E-state index is -0.0238. The normalized spacial score (nSPS) is 25.9. The van der Waals surface area contributed by atoms with Gasteiger partial charge in [0.05, 0.1) is 18.1 Å². The summed E-state index contributed by atoms with van der Waals surface area (Å²) in [5.41, 5.74) is 2.37. The van der Waals surface area contributed by atoms with Gasteiger partial charge in [0.1, 0.15) is 0 Å². The minimum Gasteiger partial charge on any atom is -0.372 e. The average molecular weight is 201 g/mol. The molecule has 1 aromatic rings. The number of nitriles is 1. The summed E-state index contributed by atoms with van der Waals surface area (Å²) >= 11 is 0. The maximum absolute atomic E-state index is 9.05. The smallest absolute Gasteiger partial charge is 0.0982 e. The van der Waals surface area contributed by atoms with Crippen molar-refractivity contribution in [2.75, 3.05) is 6.61 Å². The Hall–Kier alpha value is -1.33. The zero-order valence-corrected chi connectivity index (χ0v) is 8.94. The highest BCUT2D eigenvalue weighted by Gasteiger charge is 2.26. The first-order valence-electron chi connectivity index (χ1n) is 5.39. The molecule has 1 fully saturated rings. The van der Waals surface area contributed by atoms with Gasteiger partial charge in [-0.25, -0.2) is 0 Å². The van der Waals surface area contributed by atoms with Crippen molar-refractivity contribution >= 4 is 0 Å². The number of hydrogen-bond donors (Lipinski definition) is 0. The van der Waals surface area contributed by atoms with Gasteiger partial charge in [0, 0.05) is 6.61 Å². The van der Waals surface area contributed by atoms with E-state index < -0.39 is 0 Å². The van der Waals surface area contributed by atoms with E-state index in [2.05, 4.69) is 37.3 Å². The number of rotatable bonds is 1. The summed E-state index contributed by atoms with van der Waals surface area (Å²) < 4.78 is 5.68. The Balaban J connectivity index is 2.21. The second-order valence-electron chi connectivity index (χ2n) is 4.08. The molecule has 15 heavy (non-hydrogen) atoms. The number of hydrogen-bond acceptors (Lipinski definition) is 2. The molecule has 1 aromatic carbocycles. The molecule has 1 aliphatic rings. The molecule has 0 amide bonds. The lowest BCUT2D eigenvalue weighted by atomic mass is 9.90. The Bertz CT molecular complexity index is 363. The van der Waals surface area contributed by atoms with E-state index in [-0.39, 0.29) is 12.0 Å². The van der Waals surface area contributed by atoms with Gasteiger partial charge in [0.2, 0.25) is 0 Å². The molecule has 1 heterocycles. The fraction of sp³-hybridized carbons (Fsp3) is 0.462. The van der Waals surface area contributed by atoms with Gasteiger partial charge in [0.15, 0.2) is 0 Å². The topological polar surface area (TPSA) is 33.0 Å². The summed E-state index contributed by atoms with van der Waals surface area (Å²) in [6, 6.07) is 10.6. The van der Waals surface area contributed by atoms with Gasteiger partial charge in [-0.05, 0) is 25.3 Å². The second kappa shape index (κ2) is 4.46. The number of benzene rings is 1. The van der Waals surface area contributed by atoms with Gasteiger partial charge in [-0.3, -0.25) is 0 Å². The number of nitrogens with zero attached hydrogens (tertiary/aromatic N) is 1. The molecule has 1 aliphatic heterocycles. The highest BCUT2D eigenvalue weighted by atomic mass is 16.5. The Morgan fingerprint density at radius 2 is 2.07 bits per heavy atom. The Morgan fingerprint density at radius 1 is 1.33 bits per heavy atom. The standard InChI is InChI=1S/C13H15NO/c1-10-4-6-11(7-5-10)13-12(9-14)3-2-8-15-13/h4-7,12-13H,2-3,8H2,1H3. The Kier molecular flexibility index (Phi) is 3.03. The maximum atomic E-state index is 9.05. The SMILES string of the molecule is Cc1ccc(C2OCCCC2C#N)cc1. The van der Waals surface area contributed by atoms with E-state index in [0.29, 0.717) is 0 Å². The molecular weight excluding hydrogens is 186 g/mol. The molecule has 2 heteroatoms. The number of aryl methyl sites for hydroxylation is 1. The molecule has 2 atom stereocenters. The van der Waals surface area contributed by atoms with Crippen LogP contribution in [-0.2, 0) is 4.74 Å². The monoisotopic (exact) mass is 201 g/mol. The molecule has 2 rings (SSSR count). The average Bonchev–Trinajstić information content (AvgIpc) is 2.30. The van der Waals surface area contributed by atoms with E-state index in [1.165, 1.54) is 5.56 Å². The van der Waals surface area contributed by atoms with Crippen molar-refractivity contribution in [3.05, 3.63) is 35.4 Å². The largest absolute Gasteiger partial charge is 0.372 e. The van der Waals surface area contributed by atoms with Crippen molar-refractivity contribution in [1.82, 2.24) is 0 Å². The molecule has 0 spiro atoms. The third kappa shape index (κ3) is 2.19. The predicted octanol–water partition coefficient (Wildman–Crippen LogP) is 2.99. The summed E-state index contributed by atoms with van der Waals surface area (Å²) in [4.78, 5) is 0. The van der Waals surface area contributed by atoms with E-state index in [0.717, 1.165) is 25.0 Å². The van der Waals surface area contributed by atoms with Crippen LogP contribution in [-0.4, -0.2) is 6.61 Å². The fourth-order valence-electron chi connectivity index (χ4n) is 2.00. The molecule has 2 unspecified atom stereocenters. The summed E-state index contributed by atoms with van der Waals surface area (Å²) in [6.07, 6.45) is 1.93. The molecule has 2 nitrogen and oxygen atoms in total. The lowest BCUT2D eigenvalue weighted by Gasteiger charge is -2.27. The number of ether oxygens (including phenoxy) is 1. The lowest BCUT2D eigenvalue weighted by Crippen LogP contribution is -2.21. The second-order valence-corrected chi connectivity index (χ2v) is 4.08. The van der Waals surface area contributed by atoms with Gasteiger partial charge >= 0.3 is 0 Å². The molecule has 0 aromatic heterocycles. The molecule has 0 N–H and O–H groups in total. The predicted molar refractivity (Wildman–Crippen MR) is 58.2 cm³/mol. The summed E-state index contributed by atoms with van der Waals surface area (Å²) in [5, 5.41) is 9.05. The van der Waals surface area contributed by atoms with Crippen LogP contribution in [0.15, 0.2) is 24.3 Å². The lowest BCUT2D eigenvalue weighted by molar-refractivity contribution is -0.0101. The molecule has 0 saturated carbocycles. The van der Waals surface area contributed by atoms with Gasteiger partial charge in [-0.15, -0.1) is 0 Å². The van der Waals surface area contributed by atoms with Gasteiger partial charge < -0.3 is 4.74 Å². The van der Waals surface area contributed by atoms with Crippen molar-refractivity contribution in [3.63, 3.8) is 0 Å². The summed E-state index contributed by atoms with van der Waals surface area (Å²) in [5.74, 6) is 0.0152. The van der Waals surface area contributed by atoms with Crippen molar-refractivity contribution in [3.8, 4) is 6.07 Å². The first kappa shape index (κ1) is 10.2. The first-order valence-corrected chi connectivity index (χ1v) is 5.39. The van der Waals surface area contributed by atoms with Crippen LogP contribution in [0, 0.1) is 24.2 Å². The minimum absolute atomic E-state index is 0.0152. The van der Waals surface area contributed by atoms with Gasteiger partial charge in [-0.1, -0.05) is 29.8 Å². The molecule has 1 saturated heterocycles. The summed E-state index contributed by atoms with van der Waals surface area (Å²) in [7, 11) is 0. The molecule has 0 bridgehead atoms. The van der Waals surface area contributed by atoms with Gasteiger partial charge in [-0.2, -0.15) is 5.26 Å². The van der Waals surface area contributed by atoms with Crippen LogP contribution in [0.2, 0.25) is 0 Å². The molecule has 0 radical (unpaired) electrons. The van der Waals surface area contributed by atoms with Crippen LogP contribution < -0.4 is 0 Å². The fourth-order valence-corrected chi connectivity index (χ4v) is 2.00. The van der Waals surface area contributed by atoms with Crippen molar-refractivity contribution < 1.29 is 4.74 Å². The molecule has 0 aliphatic carbocycles. The third-order valence-electron chi connectivity index (χ3n) is 2.89. The van der Waals surface area contributed by atoms with Crippen molar-refractivity contribution in [2.45, 2.75) is 25.9 Å². The third-order valence-corrected chi connectivity index (χ3v) is 2.89. The van der Waals surface area contributed by atoms with Crippen LogP contribution >= 0.6 is 0 Å². The van der Waals surface area contributed by atoms with Crippen molar-refractivity contribution in [1.29, 1.82) is 5.26 Å². The summed E-state index contributed by atoms with van der Waals surface area (Å²) in [6.45, 7) is 2.84. The zero-order chi connectivity index (χ0) is 10.7. The Morgan fingerprint density at radius 3 is 2.73 bits per heavy atom. The highest BCUT2D eigenvalue weighted by molar-refractivity contribution is 5.25. The van der Waals surface area contributed by atoms with Crippen LogP contribution in [0.25, 0.3) is 0 Å². The van der Waals surface area contributed by atoms with Crippen molar-refractivity contribution in [2.24, 2.45) is 5.92 Å². The van der Waals surface area contributed by atoms with Crippen LogP contribution in [0.4, 0.5) is 0 Å². The van der Waals surface area contributed by atoms with E-state index in [9.17, 15) is 0 Å². The molecular formula is C13H15NO. The van der Waals surface area contributed by atoms with Crippen LogP contribution in [0.1, 0.15) is 30.1 Å². The zero-order valence-electron chi connectivity index (χ0n) is 8.94. The van der Waals surface area contributed by atoms with Crippen LogP contribution in [0.3, 0.4) is 0 Å². The van der Waals surface area contributed by atoms with E-state index in [1.807, 2.05) is 0 Å². The van der Waals surface area contributed by atoms with E-state index in [4.69, 9.17) is 10.00 Å². The highest BCUT2D eigenvalue weighted by Crippen LogP contribution is 2.32. The maximum Gasteiger partial charge on any atom is 0.0982 e. The quantitative estimate of drug-likeness (QED) is 0.699. The Labute approximate surface area is 90.5 Å². The van der Waals surface area contributed by atoms with E-state index in [1.54, 1.807) is 0 Å². The van der Waals surface area contributed by atoms with E-state index >= 15 is 0 Å². The molecule has 78 valence electrons. The van der Waals surface area contributed by atoms with Crippen LogP contribution in [0.5, 0.6) is 0 Å². The van der Waals surface area contributed by atoms with Gasteiger partial charge in [0.25, 0.3) is 0 Å².